The fourth-order valence-electron chi connectivity index (χ4n) is 7.92. The highest BCUT2D eigenvalue weighted by molar-refractivity contribution is 7.86. The number of hydrogen-bond acceptors (Lipinski definition) is 10. The Bertz CT molecular complexity index is 1200. The van der Waals surface area contributed by atoms with Crippen LogP contribution in [0, 0.1) is 41.4 Å². The molecule has 5 aliphatic rings. The second-order valence-electron chi connectivity index (χ2n) is 12.4. The maximum atomic E-state index is 13.6. The van der Waals surface area contributed by atoms with Crippen LogP contribution >= 0.6 is 0 Å². The van der Waals surface area contributed by atoms with Crippen molar-refractivity contribution in [3.8, 4) is 0 Å². The molecule has 4 saturated carbocycles. The van der Waals surface area contributed by atoms with Crippen molar-refractivity contribution < 1.29 is 59.9 Å². The number of esters is 4. The first-order chi connectivity index (χ1) is 18.5. The summed E-state index contributed by atoms with van der Waals surface area (Å²) in [7, 11) is -5.82. The van der Waals surface area contributed by atoms with Gasteiger partial charge in [-0.2, -0.15) is 17.2 Å². The van der Waals surface area contributed by atoms with E-state index in [-0.39, 0.29) is 11.8 Å². The standard InChI is InChI=1S/C26H34F2O11S/c1-11(26(27,28)40(33,34)35)36-17(29)6-7-18(30)37-21-15-10-14-19(23(31)38-22(14)21)20(15)24(32)39-25(2,3)16-9-12-4-5-13(16)8-12/h11-16,19-22H,4-10H2,1-3H3,(H,33,34,35). The molecule has 1 saturated heterocycles. The molecule has 11 nitrogen and oxygen atoms in total. The van der Waals surface area contributed by atoms with Gasteiger partial charge in [-0.25, -0.2) is 0 Å². The van der Waals surface area contributed by atoms with Gasteiger partial charge in [-0.15, -0.1) is 0 Å². The van der Waals surface area contributed by atoms with Crippen LogP contribution in [0.1, 0.15) is 65.7 Å². The van der Waals surface area contributed by atoms with E-state index in [1.54, 1.807) is 0 Å². The Labute approximate surface area is 230 Å². The number of rotatable bonds is 10. The average Bonchev–Trinajstić information content (AvgIpc) is 3.64. The fourth-order valence-corrected chi connectivity index (χ4v) is 8.38. The summed E-state index contributed by atoms with van der Waals surface area (Å²) < 4.78 is 78.9. The zero-order valence-corrected chi connectivity index (χ0v) is 23.2. The SMILES string of the molecule is CC(OC(=O)CCC(=O)OC1C2CC3C1OC(=O)C3C2C(=O)OC(C)(C)C1CC2CCC1C2)C(F)(F)S(=O)(=O)O. The Hall–Kier alpha value is -2.35. The minimum absolute atomic E-state index is 0.241. The second-order valence-corrected chi connectivity index (χ2v) is 13.9. The second kappa shape index (κ2) is 9.88. The Morgan fingerprint density at radius 2 is 1.75 bits per heavy atom. The van der Waals surface area contributed by atoms with E-state index >= 15 is 0 Å². The molecule has 0 amide bonds. The highest BCUT2D eigenvalue weighted by Gasteiger charge is 2.70. The van der Waals surface area contributed by atoms with Crippen molar-refractivity contribution >= 4 is 34.0 Å². The molecule has 0 aromatic rings. The van der Waals surface area contributed by atoms with Crippen LogP contribution in [-0.2, 0) is 48.2 Å². The van der Waals surface area contributed by atoms with Crippen molar-refractivity contribution in [1.82, 2.24) is 0 Å². The highest BCUT2D eigenvalue weighted by atomic mass is 32.2. The summed E-state index contributed by atoms with van der Waals surface area (Å²) in [6.45, 7) is 4.40. The molecule has 10 atom stereocenters. The van der Waals surface area contributed by atoms with Crippen LogP contribution < -0.4 is 0 Å². The van der Waals surface area contributed by atoms with Crippen LogP contribution in [-0.4, -0.2) is 66.0 Å². The van der Waals surface area contributed by atoms with Gasteiger partial charge in [0.05, 0.1) is 24.7 Å². The van der Waals surface area contributed by atoms with Gasteiger partial charge in [-0.3, -0.25) is 23.7 Å². The monoisotopic (exact) mass is 592 g/mol. The van der Waals surface area contributed by atoms with Crippen LogP contribution in [0.25, 0.3) is 0 Å². The minimum atomic E-state index is -5.82. The number of hydrogen-bond donors (Lipinski definition) is 1. The lowest BCUT2D eigenvalue weighted by atomic mass is 9.76. The number of halogens is 2. The summed E-state index contributed by atoms with van der Waals surface area (Å²) in [6, 6.07) is 0. The Morgan fingerprint density at radius 1 is 1.07 bits per heavy atom. The third kappa shape index (κ3) is 4.88. The highest BCUT2D eigenvalue weighted by Crippen LogP contribution is 2.60. The van der Waals surface area contributed by atoms with Crippen molar-refractivity contribution in [2.45, 2.75) is 94.9 Å². The van der Waals surface area contributed by atoms with Crippen molar-refractivity contribution in [3.05, 3.63) is 0 Å². The van der Waals surface area contributed by atoms with Gasteiger partial charge in [0.15, 0.2) is 6.10 Å². The first-order valence-corrected chi connectivity index (χ1v) is 15.1. The maximum absolute atomic E-state index is 13.6. The van der Waals surface area contributed by atoms with Crippen LogP contribution in [0.4, 0.5) is 8.78 Å². The largest absolute Gasteiger partial charge is 0.459 e. The van der Waals surface area contributed by atoms with Gasteiger partial charge in [-0.1, -0.05) is 6.42 Å². The summed E-state index contributed by atoms with van der Waals surface area (Å²) in [4.78, 5) is 50.7. The summed E-state index contributed by atoms with van der Waals surface area (Å²) in [5.74, 6) is -4.18. The van der Waals surface area contributed by atoms with E-state index in [2.05, 4.69) is 4.74 Å². The summed E-state index contributed by atoms with van der Waals surface area (Å²) >= 11 is 0. The lowest BCUT2D eigenvalue weighted by Gasteiger charge is -2.39. The van der Waals surface area contributed by atoms with Crippen LogP contribution in [0.15, 0.2) is 0 Å². The molecule has 1 heterocycles. The predicted molar refractivity (Wildman–Crippen MR) is 129 cm³/mol. The first kappa shape index (κ1) is 29.2. The average molecular weight is 593 g/mol. The van der Waals surface area contributed by atoms with E-state index in [0.29, 0.717) is 25.2 Å². The van der Waals surface area contributed by atoms with Crippen molar-refractivity contribution in [2.24, 2.45) is 41.4 Å². The first-order valence-electron chi connectivity index (χ1n) is 13.7. The van der Waals surface area contributed by atoms with Gasteiger partial charge in [-0.05, 0) is 58.3 Å². The lowest BCUT2D eigenvalue weighted by molar-refractivity contribution is -0.178. The Kier molecular flexibility index (Phi) is 7.20. The van der Waals surface area contributed by atoms with E-state index in [1.165, 1.54) is 6.42 Å². The molecule has 14 heteroatoms. The molecule has 10 unspecified atom stereocenters. The minimum Gasteiger partial charge on any atom is -0.459 e. The van der Waals surface area contributed by atoms with E-state index in [1.807, 2.05) is 13.8 Å². The summed E-state index contributed by atoms with van der Waals surface area (Å²) in [6.07, 6.45) is -0.554. The number of fused-ring (bicyclic) bond motifs is 3. The summed E-state index contributed by atoms with van der Waals surface area (Å²) in [5.41, 5.74) is -0.712. The molecule has 5 rings (SSSR count). The Balaban J connectivity index is 1.18. The number of ether oxygens (including phenoxy) is 4. The van der Waals surface area contributed by atoms with Gasteiger partial charge >= 0.3 is 39.2 Å². The molecule has 0 aromatic carbocycles. The van der Waals surface area contributed by atoms with Gasteiger partial charge in [0.25, 0.3) is 0 Å². The van der Waals surface area contributed by atoms with Gasteiger partial charge < -0.3 is 18.9 Å². The quantitative estimate of drug-likeness (QED) is 0.226. The summed E-state index contributed by atoms with van der Waals surface area (Å²) in [5, 5.41) is -4.73. The van der Waals surface area contributed by atoms with Crippen LogP contribution in [0.2, 0.25) is 0 Å². The van der Waals surface area contributed by atoms with Crippen LogP contribution in [0.3, 0.4) is 0 Å². The van der Waals surface area contributed by atoms with E-state index in [9.17, 15) is 36.4 Å². The van der Waals surface area contributed by atoms with Gasteiger partial charge in [0.1, 0.15) is 17.8 Å². The molecule has 40 heavy (non-hydrogen) atoms. The molecule has 0 spiro atoms. The topological polar surface area (TPSA) is 160 Å². The van der Waals surface area contributed by atoms with Gasteiger partial charge in [0, 0.05) is 17.8 Å². The molecule has 4 aliphatic carbocycles. The fraction of sp³-hybridized carbons (Fsp3) is 0.846. The number of carbonyl (C=O) groups is 4. The maximum Gasteiger partial charge on any atom is 0.405 e. The van der Waals surface area contributed by atoms with E-state index in [4.69, 9.17) is 18.8 Å². The molecular weight excluding hydrogens is 558 g/mol. The van der Waals surface area contributed by atoms with Gasteiger partial charge in [0.2, 0.25) is 0 Å². The zero-order chi connectivity index (χ0) is 29.4. The smallest absolute Gasteiger partial charge is 0.405 e. The molecule has 5 fully saturated rings. The molecule has 1 aliphatic heterocycles. The zero-order valence-electron chi connectivity index (χ0n) is 22.4. The third-order valence-corrected chi connectivity index (χ3v) is 10.8. The third-order valence-electron chi connectivity index (χ3n) is 9.74. The number of carbonyl (C=O) groups excluding carboxylic acids is 4. The normalized spacial score (nSPS) is 36.9. The Morgan fingerprint density at radius 3 is 2.35 bits per heavy atom. The number of alkyl halides is 2. The molecule has 1 N–H and O–H groups in total. The van der Waals surface area contributed by atoms with Crippen molar-refractivity contribution in [3.63, 3.8) is 0 Å². The molecular formula is C26H34F2O11S. The van der Waals surface area contributed by atoms with Crippen LogP contribution in [0.5, 0.6) is 0 Å². The molecule has 0 radical (unpaired) electrons. The molecule has 0 aromatic heterocycles. The van der Waals surface area contributed by atoms with Crippen molar-refractivity contribution in [1.29, 1.82) is 0 Å². The van der Waals surface area contributed by atoms with Crippen molar-refractivity contribution in [2.75, 3.05) is 0 Å². The van der Waals surface area contributed by atoms with E-state index < -0.39 is 93.8 Å². The predicted octanol–water partition coefficient (Wildman–Crippen LogP) is 2.66. The molecule has 224 valence electrons. The lowest BCUT2D eigenvalue weighted by Crippen LogP contribution is -2.47. The van der Waals surface area contributed by atoms with E-state index in [0.717, 1.165) is 19.3 Å². The molecule has 4 bridgehead atoms.